The minimum absolute atomic E-state index is 0.0437. The summed E-state index contributed by atoms with van der Waals surface area (Å²) in [5, 5.41) is 46.9. The third kappa shape index (κ3) is 2.68. The second kappa shape index (κ2) is 5.25. The van der Waals surface area contributed by atoms with Crippen LogP contribution in [-0.4, -0.2) is 62.7 Å². The summed E-state index contributed by atoms with van der Waals surface area (Å²) in [6.07, 6.45) is -3.14. The van der Waals surface area contributed by atoms with Crippen LogP contribution in [0, 0.1) is 0 Å². The van der Waals surface area contributed by atoms with Gasteiger partial charge in [0.2, 0.25) is 0 Å². The molecule has 20 heavy (non-hydrogen) atoms. The standard InChI is InChI=1S/C12H14O8/c13-7-2-1-6(3-8(7)14)10(16)19-4-12(18)5-20-11(17)9(12)15/h1-3,9,11,13-15,17-18H,4-5H2. The van der Waals surface area contributed by atoms with Gasteiger partial charge in [0.25, 0.3) is 0 Å². The van der Waals surface area contributed by atoms with E-state index >= 15 is 0 Å². The molecule has 1 saturated heterocycles. The van der Waals surface area contributed by atoms with E-state index in [4.69, 9.17) is 14.9 Å². The number of aliphatic hydroxyl groups excluding tert-OH is 2. The van der Waals surface area contributed by atoms with Crippen molar-refractivity contribution in [1.29, 1.82) is 0 Å². The summed E-state index contributed by atoms with van der Waals surface area (Å²) in [4.78, 5) is 11.7. The number of esters is 1. The maximum absolute atomic E-state index is 11.7. The van der Waals surface area contributed by atoms with Crippen molar-refractivity contribution in [1.82, 2.24) is 0 Å². The van der Waals surface area contributed by atoms with Crippen LogP contribution in [0.2, 0.25) is 0 Å². The van der Waals surface area contributed by atoms with E-state index in [1.165, 1.54) is 6.07 Å². The molecule has 1 aromatic carbocycles. The molecule has 110 valence electrons. The van der Waals surface area contributed by atoms with Gasteiger partial charge in [-0.25, -0.2) is 4.79 Å². The average molecular weight is 286 g/mol. The van der Waals surface area contributed by atoms with Gasteiger partial charge in [-0.05, 0) is 18.2 Å². The van der Waals surface area contributed by atoms with Crippen LogP contribution in [0.1, 0.15) is 10.4 Å². The van der Waals surface area contributed by atoms with Crippen LogP contribution in [-0.2, 0) is 9.47 Å². The molecule has 5 N–H and O–H groups in total. The first-order valence-corrected chi connectivity index (χ1v) is 5.73. The van der Waals surface area contributed by atoms with Gasteiger partial charge in [0, 0.05) is 0 Å². The minimum Gasteiger partial charge on any atom is -0.504 e. The lowest BCUT2D eigenvalue weighted by Crippen LogP contribution is -2.48. The fourth-order valence-electron chi connectivity index (χ4n) is 1.72. The van der Waals surface area contributed by atoms with Gasteiger partial charge in [0.15, 0.2) is 23.4 Å². The third-order valence-electron chi connectivity index (χ3n) is 2.99. The van der Waals surface area contributed by atoms with Crippen molar-refractivity contribution >= 4 is 5.97 Å². The van der Waals surface area contributed by atoms with Crippen LogP contribution < -0.4 is 0 Å². The number of phenols is 2. The number of rotatable bonds is 3. The number of benzene rings is 1. The van der Waals surface area contributed by atoms with Crippen molar-refractivity contribution < 1.29 is 39.8 Å². The summed E-state index contributed by atoms with van der Waals surface area (Å²) in [7, 11) is 0. The maximum Gasteiger partial charge on any atom is 0.338 e. The summed E-state index contributed by atoms with van der Waals surface area (Å²) >= 11 is 0. The predicted octanol–water partition coefficient (Wildman–Crippen LogP) is -1.30. The van der Waals surface area contributed by atoms with Gasteiger partial charge >= 0.3 is 5.97 Å². The number of aliphatic hydroxyl groups is 3. The van der Waals surface area contributed by atoms with Gasteiger partial charge in [0.05, 0.1) is 12.2 Å². The van der Waals surface area contributed by atoms with Crippen molar-refractivity contribution in [2.75, 3.05) is 13.2 Å². The average Bonchev–Trinajstić information content (AvgIpc) is 2.68. The summed E-state index contributed by atoms with van der Waals surface area (Å²) in [6, 6.07) is 3.33. The van der Waals surface area contributed by atoms with Crippen LogP contribution in [0.25, 0.3) is 0 Å². The van der Waals surface area contributed by atoms with Crippen LogP contribution in [0.4, 0.5) is 0 Å². The Morgan fingerprint density at radius 1 is 1.35 bits per heavy atom. The van der Waals surface area contributed by atoms with E-state index in [0.717, 1.165) is 12.1 Å². The zero-order chi connectivity index (χ0) is 14.9. The first kappa shape index (κ1) is 14.5. The quantitative estimate of drug-likeness (QED) is 0.341. The minimum atomic E-state index is -1.89. The van der Waals surface area contributed by atoms with Gasteiger partial charge in [0.1, 0.15) is 12.7 Å². The molecule has 1 aromatic rings. The number of carbonyl (C=O) groups excluding carboxylic acids is 1. The molecule has 8 heteroatoms. The monoisotopic (exact) mass is 286 g/mol. The Balaban J connectivity index is 2.00. The van der Waals surface area contributed by atoms with Crippen molar-refractivity contribution in [3.05, 3.63) is 23.8 Å². The van der Waals surface area contributed by atoms with E-state index in [-0.39, 0.29) is 17.9 Å². The summed E-state index contributed by atoms with van der Waals surface area (Å²) < 4.78 is 9.44. The molecule has 0 saturated carbocycles. The Morgan fingerprint density at radius 3 is 2.60 bits per heavy atom. The molecule has 0 aromatic heterocycles. The fourth-order valence-corrected chi connectivity index (χ4v) is 1.72. The molecule has 0 bridgehead atoms. The Hall–Kier alpha value is -1.87. The molecule has 2 rings (SSSR count). The Bertz CT molecular complexity index is 516. The highest BCUT2D eigenvalue weighted by Gasteiger charge is 2.48. The molecule has 3 unspecified atom stereocenters. The molecule has 3 atom stereocenters. The first-order chi connectivity index (χ1) is 9.33. The normalized spacial score (nSPS) is 29.4. The largest absolute Gasteiger partial charge is 0.504 e. The molecule has 0 amide bonds. The van der Waals surface area contributed by atoms with E-state index < -0.39 is 36.3 Å². The van der Waals surface area contributed by atoms with Crippen molar-refractivity contribution in [2.24, 2.45) is 0 Å². The van der Waals surface area contributed by atoms with E-state index in [2.05, 4.69) is 4.74 Å². The van der Waals surface area contributed by atoms with Gasteiger partial charge in [-0.1, -0.05) is 0 Å². The molecule has 0 radical (unpaired) electrons. The van der Waals surface area contributed by atoms with Crippen molar-refractivity contribution in [3.8, 4) is 11.5 Å². The zero-order valence-electron chi connectivity index (χ0n) is 10.3. The molecular formula is C12H14O8. The Labute approximate surface area is 113 Å². The fraction of sp³-hybridized carbons (Fsp3) is 0.417. The highest BCUT2D eigenvalue weighted by molar-refractivity contribution is 5.90. The van der Waals surface area contributed by atoms with E-state index in [9.17, 15) is 20.1 Å². The van der Waals surface area contributed by atoms with E-state index in [0.29, 0.717) is 0 Å². The summed E-state index contributed by atoms with van der Waals surface area (Å²) in [5.74, 6) is -1.75. The molecule has 0 aliphatic carbocycles. The lowest BCUT2D eigenvalue weighted by Gasteiger charge is -2.24. The molecule has 1 aliphatic rings. The number of hydrogen-bond acceptors (Lipinski definition) is 8. The molecule has 0 spiro atoms. The van der Waals surface area contributed by atoms with Crippen molar-refractivity contribution in [2.45, 2.75) is 18.0 Å². The molecular weight excluding hydrogens is 272 g/mol. The van der Waals surface area contributed by atoms with Crippen molar-refractivity contribution in [3.63, 3.8) is 0 Å². The number of phenolic OH excluding ortho intramolecular Hbond substituents is 2. The molecule has 1 heterocycles. The SMILES string of the molecule is O=C(OCC1(O)COC(O)C1O)c1ccc(O)c(O)c1. The zero-order valence-corrected chi connectivity index (χ0v) is 10.3. The number of aromatic hydroxyl groups is 2. The first-order valence-electron chi connectivity index (χ1n) is 5.73. The maximum atomic E-state index is 11.7. The van der Waals surface area contributed by atoms with Gasteiger partial charge in [-0.3, -0.25) is 0 Å². The molecule has 8 nitrogen and oxygen atoms in total. The van der Waals surface area contributed by atoms with Gasteiger partial charge in [-0.15, -0.1) is 0 Å². The van der Waals surface area contributed by atoms with Crippen LogP contribution in [0.3, 0.4) is 0 Å². The van der Waals surface area contributed by atoms with E-state index in [1.807, 2.05) is 0 Å². The predicted molar refractivity (Wildman–Crippen MR) is 63.0 cm³/mol. The van der Waals surface area contributed by atoms with Crippen LogP contribution in [0.5, 0.6) is 11.5 Å². The van der Waals surface area contributed by atoms with Gasteiger partial charge in [-0.2, -0.15) is 0 Å². The summed E-state index contributed by atoms with van der Waals surface area (Å²) in [5.41, 5.74) is -1.94. The lowest BCUT2D eigenvalue weighted by atomic mass is 10.0. The van der Waals surface area contributed by atoms with Crippen LogP contribution in [0.15, 0.2) is 18.2 Å². The highest BCUT2D eigenvalue weighted by Crippen LogP contribution is 2.27. The van der Waals surface area contributed by atoms with Crippen LogP contribution >= 0.6 is 0 Å². The lowest BCUT2D eigenvalue weighted by molar-refractivity contribution is -0.129. The molecule has 1 fully saturated rings. The molecule has 1 aliphatic heterocycles. The van der Waals surface area contributed by atoms with E-state index in [1.54, 1.807) is 0 Å². The number of ether oxygens (including phenoxy) is 2. The second-order valence-electron chi connectivity index (χ2n) is 4.53. The third-order valence-corrected chi connectivity index (χ3v) is 2.99. The summed E-state index contributed by atoms with van der Waals surface area (Å²) in [6.45, 7) is -0.977. The number of hydrogen-bond donors (Lipinski definition) is 5. The second-order valence-corrected chi connectivity index (χ2v) is 4.53. The Morgan fingerprint density at radius 2 is 2.05 bits per heavy atom. The Kier molecular flexibility index (Phi) is 3.82. The smallest absolute Gasteiger partial charge is 0.338 e. The number of carbonyl (C=O) groups is 1. The topological polar surface area (TPSA) is 137 Å². The highest BCUT2D eigenvalue weighted by atomic mass is 16.6. The van der Waals surface area contributed by atoms with Gasteiger partial charge < -0.3 is 35.0 Å².